The molecule has 0 atom stereocenters. The third kappa shape index (κ3) is 2.63. The van der Waals surface area contributed by atoms with Crippen LogP contribution in [0.4, 0.5) is 0 Å². The molecule has 0 amide bonds. The molecule has 0 aliphatic heterocycles. The van der Waals surface area contributed by atoms with Gasteiger partial charge in [0.05, 0.1) is 10.7 Å². The molecule has 0 aliphatic carbocycles. The zero-order valence-electron chi connectivity index (χ0n) is 8.37. The van der Waals surface area contributed by atoms with E-state index in [9.17, 15) is 0 Å². The van der Waals surface area contributed by atoms with Gasteiger partial charge in [0.25, 0.3) is 0 Å². The molecular formula is C12H11BrO2. The second kappa shape index (κ2) is 4.53. The highest BCUT2D eigenvalue weighted by Crippen LogP contribution is 2.26. The number of furan rings is 1. The summed E-state index contributed by atoms with van der Waals surface area (Å²) in [7, 11) is 0. The van der Waals surface area contributed by atoms with Gasteiger partial charge in [-0.1, -0.05) is 6.07 Å². The van der Waals surface area contributed by atoms with E-state index in [0.717, 1.165) is 16.0 Å². The Morgan fingerprint density at radius 1 is 1.33 bits per heavy atom. The summed E-state index contributed by atoms with van der Waals surface area (Å²) < 4.78 is 11.7. The van der Waals surface area contributed by atoms with Crippen molar-refractivity contribution in [2.45, 2.75) is 13.5 Å². The van der Waals surface area contributed by atoms with Crippen molar-refractivity contribution in [3.8, 4) is 5.75 Å². The van der Waals surface area contributed by atoms with Gasteiger partial charge >= 0.3 is 0 Å². The zero-order chi connectivity index (χ0) is 10.7. The highest BCUT2D eigenvalue weighted by atomic mass is 79.9. The van der Waals surface area contributed by atoms with E-state index in [1.54, 1.807) is 6.26 Å². The molecule has 2 nitrogen and oxygen atoms in total. The lowest BCUT2D eigenvalue weighted by Crippen LogP contribution is -1.94. The molecule has 0 fully saturated rings. The number of aryl methyl sites for hydroxylation is 1. The van der Waals surface area contributed by atoms with Crippen molar-refractivity contribution in [2.75, 3.05) is 0 Å². The van der Waals surface area contributed by atoms with E-state index >= 15 is 0 Å². The molecule has 0 unspecified atom stereocenters. The Labute approximate surface area is 97.0 Å². The number of ether oxygens (including phenoxy) is 1. The summed E-state index contributed by atoms with van der Waals surface area (Å²) in [5.74, 6) is 1.65. The Balaban J connectivity index is 2.05. The fourth-order valence-corrected chi connectivity index (χ4v) is 1.87. The Kier molecular flexibility index (Phi) is 3.11. The van der Waals surface area contributed by atoms with Crippen LogP contribution >= 0.6 is 15.9 Å². The topological polar surface area (TPSA) is 22.4 Å². The number of benzene rings is 1. The third-order valence-electron chi connectivity index (χ3n) is 2.04. The molecule has 3 heteroatoms. The summed E-state index contributed by atoms with van der Waals surface area (Å²) in [5.41, 5.74) is 1.20. The minimum atomic E-state index is 0.453. The van der Waals surface area contributed by atoms with Gasteiger partial charge in [-0.25, -0.2) is 0 Å². The SMILES string of the molecule is Cc1ccc(OCc2ccco2)c(Br)c1. The van der Waals surface area contributed by atoms with Crippen LogP contribution < -0.4 is 4.74 Å². The van der Waals surface area contributed by atoms with Gasteiger partial charge in [-0.2, -0.15) is 0 Å². The maximum Gasteiger partial charge on any atom is 0.146 e. The zero-order valence-corrected chi connectivity index (χ0v) is 9.95. The van der Waals surface area contributed by atoms with Crippen LogP contribution in [0.15, 0.2) is 45.5 Å². The maximum absolute atomic E-state index is 5.60. The quantitative estimate of drug-likeness (QED) is 0.840. The summed E-state index contributed by atoms with van der Waals surface area (Å²) in [5, 5.41) is 0. The van der Waals surface area contributed by atoms with Crippen LogP contribution in [0.1, 0.15) is 11.3 Å². The molecule has 0 spiro atoms. The summed E-state index contributed by atoms with van der Waals surface area (Å²) in [4.78, 5) is 0. The van der Waals surface area contributed by atoms with Gasteiger partial charge in [-0.3, -0.25) is 0 Å². The summed E-state index contributed by atoms with van der Waals surface area (Å²) in [6.07, 6.45) is 1.64. The van der Waals surface area contributed by atoms with Gasteiger partial charge in [0.2, 0.25) is 0 Å². The number of halogens is 1. The van der Waals surface area contributed by atoms with Gasteiger partial charge in [0, 0.05) is 0 Å². The molecule has 2 rings (SSSR count). The van der Waals surface area contributed by atoms with Crippen molar-refractivity contribution in [3.05, 3.63) is 52.4 Å². The van der Waals surface area contributed by atoms with E-state index in [-0.39, 0.29) is 0 Å². The third-order valence-corrected chi connectivity index (χ3v) is 2.66. The molecule has 0 bridgehead atoms. The van der Waals surface area contributed by atoms with Crippen LogP contribution in [0, 0.1) is 6.92 Å². The predicted octanol–water partition coefficient (Wildman–Crippen LogP) is 3.93. The first-order chi connectivity index (χ1) is 7.25. The molecule has 0 N–H and O–H groups in total. The van der Waals surface area contributed by atoms with E-state index in [2.05, 4.69) is 15.9 Å². The van der Waals surface area contributed by atoms with E-state index in [4.69, 9.17) is 9.15 Å². The molecular weight excluding hydrogens is 256 g/mol. The highest BCUT2D eigenvalue weighted by molar-refractivity contribution is 9.10. The summed E-state index contributed by atoms with van der Waals surface area (Å²) >= 11 is 3.46. The average Bonchev–Trinajstić information content (AvgIpc) is 2.69. The van der Waals surface area contributed by atoms with Crippen LogP contribution in [0.25, 0.3) is 0 Å². The Hall–Kier alpha value is -1.22. The van der Waals surface area contributed by atoms with Crippen LogP contribution in [0.2, 0.25) is 0 Å². The van der Waals surface area contributed by atoms with Crippen LogP contribution in [-0.4, -0.2) is 0 Å². The van der Waals surface area contributed by atoms with Crippen molar-refractivity contribution in [1.29, 1.82) is 0 Å². The fraction of sp³-hybridized carbons (Fsp3) is 0.167. The standard InChI is InChI=1S/C12H11BrO2/c1-9-4-5-12(11(13)7-9)15-8-10-3-2-6-14-10/h2-7H,8H2,1H3. The molecule has 2 aromatic rings. The highest BCUT2D eigenvalue weighted by Gasteiger charge is 2.02. The van der Waals surface area contributed by atoms with Crippen molar-refractivity contribution in [3.63, 3.8) is 0 Å². The van der Waals surface area contributed by atoms with E-state index in [0.29, 0.717) is 6.61 Å². The first-order valence-corrected chi connectivity index (χ1v) is 5.46. The Morgan fingerprint density at radius 3 is 2.87 bits per heavy atom. The summed E-state index contributed by atoms with van der Waals surface area (Å²) in [6.45, 7) is 2.50. The first-order valence-electron chi connectivity index (χ1n) is 4.67. The molecule has 0 saturated heterocycles. The van der Waals surface area contributed by atoms with Gasteiger partial charge in [-0.05, 0) is 52.7 Å². The second-order valence-corrected chi connectivity index (χ2v) is 4.16. The smallest absolute Gasteiger partial charge is 0.146 e. The number of rotatable bonds is 3. The first kappa shape index (κ1) is 10.3. The van der Waals surface area contributed by atoms with Crippen LogP contribution in [0.3, 0.4) is 0 Å². The Morgan fingerprint density at radius 2 is 2.20 bits per heavy atom. The molecule has 0 aliphatic rings. The largest absolute Gasteiger partial charge is 0.484 e. The molecule has 0 saturated carbocycles. The fourth-order valence-electron chi connectivity index (χ4n) is 1.27. The molecule has 1 aromatic heterocycles. The van der Waals surface area contributed by atoms with Crippen molar-refractivity contribution < 1.29 is 9.15 Å². The average molecular weight is 267 g/mol. The molecule has 78 valence electrons. The predicted molar refractivity (Wildman–Crippen MR) is 61.9 cm³/mol. The maximum atomic E-state index is 5.60. The van der Waals surface area contributed by atoms with Gasteiger partial charge < -0.3 is 9.15 Å². The van der Waals surface area contributed by atoms with Gasteiger partial charge in [0.15, 0.2) is 0 Å². The normalized spacial score (nSPS) is 10.3. The van der Waals surface area contributed by atoms with Crippen molar-refractivity contribution in [2.24, 2.45) is 0 Å². The minimum absolute atomic E-state index is 0.453. The minimum Gasteiger partial charge on any atom is -0.484 e. The lowest BCUT2D eigenvalue weighted by atomic mass is 10.2. The van der Waals surface area contributed by atoms with Crippen LogP contribution in [-0.2, 0) is 6.61 Å². The lowest BCUT2D eigenvalue weighted by molar-refractivity contribution is 0.269. The van der Waals surface area contributed by atoms with E-state index in [1.807, 2.05) is 37.3 Å². The Bertz CT molecular complexity index is 435. The summed E-state index contributed by atoms with van der Waals surface area (Å²) in [6, 6.07) is 9.73. The molecule has 0 radical (unpaired) electrons. The van der Waals surface area contributed by atoms with E-state index in [1.165, 1.54) is 5.56 Å². The molecule has 15 heavy (non-hydrogen) atoms. The van der Waals surface area contributed by atoms with Crippen molar-refractivity contribution >= 4 is 15.9 Å². The van der Waals surface area contributed by atoms with Gasteiger partial charge in [0.1, 0.15) is 18.1 Å². The number of hydrogen-bond donors (Lipinski definition) is 0. The van der Waals surface area contributed by atoms with E-state index < -0.39 is 0 Å². The molecule has 1 aromatic carbocycles. The number of hydrogen-bond acceptors (Lipinski definition) is 2. The van der Waals surface area contributed by atoms with Crippen LogP contribution in [0.5, 0.6) is 5.75 Å². The monoisotopic (exact) mass is 266 g/mol. The lowest BCUT2D eigenvalue weighted by Gasteiger charge is -2.06. The van der Waals surface area contributed by atoms with Gasteiger partial charge in [-0.15, -0.1) is 0 Å². The molecule has 1 heterocycles. The second-order valence-electron chi connectivity index (χ2n) is 3.30. The van der Waals surface area contributed by atoms with Crippen molar-refractivity contribution in [1.82, 2.24) is 0 Å².